The zero-order valence-electron chi connectivity index (χ0n) is 9.53. The van der Waals surface area contributed by atoms with E-state index < -0.39 is 0 Å². The second kappa shape index (κ2) is 5.03. The van der Waals surface area contributed by atoms with Crippen molar-refractivity contribution in [1.29, 1.82) is 0 Å². The predicted molar refractivity (Wildman–Crippen MR) is 64.8 cm³/mol. The number of hydrogen-bond acceptors (Lipinski definition) is 3. The molecule has 2 aromatic rings. The highest BCUT2D eigenvalue weighted by atomic mass is 16.5. The van der Waals surface area contributed by atoms with E-state index in [4.69, 9.17) is 14.9 Å². The van der Waals surface area contributed by atoms with Gasteiger partial charge in [0.1, 0.15) is 0 Å². The second-order valence-corrected chi connectivity index (χ2v) is 3.84. The van der Waals surface area contributed by atoms with Gasteiger partial charge in [0.15, 0.2) is 11.3 Å². The second-order valence-electron chi connectivity index (χ2n) is 3.84. The monoisotopic (exact) mass is 219 g/mol. The number of unbranched alkanes of at least 4 members (excludes halogenated alkanes) is 1. The number of nitrogens with two attached hydrogens (primary N) is 1. The first-order chi connectivity index (χ1) is 7.86. The molecule has 16 heavy (non-hydrogen) atoms. The molecule has 2 rings (SSSR count). The van der Waals surface area contributed by atoms with Crippen LogP contribution in [0, 0.1) is 0 Å². The highest BCUT2D eigenvalue weighted by Crippen LogP contribution is 2.30. The Morgan fingerprint density at radius 1 is 1.25 bits per heavy atom. The molecule has 0 aliphatic heterocycles. The maximum absolute atomic E-state index is 5.49. The summed E-state index contributed by atoms with van der Waals surface area (Å²) in [4.78, 5) is 0. The van der Waals surface area contributed by atoms with E-state index in [0.29, 0.717) is 0 Å². The first kappa shape index (κ1) is 11.0. The summed E-state index contributed by atoms with van der Waals surface area (Å²) < 4.78 is 10.7. The van der Waals surface area contributed by atoms with Gasteiger partial charge in [-0.25, -0.2) is 0 Å². The standard InChI is InChI=1S/C13H17NO2/c1-15-12-6-5-10(4-2-3-8-14)11-7-9-16-13(11)12/h5-7,9H,2-4,8,14H2,1H3. The van der Waals surface area contributed by atoms with Crippen molar-refractivity contribution in [1.82, 2.24) is 0 Å². The smallest absolute Gasteiger partial charge is 0.175 e. The molecule has 86 valence electrons. The van der Waals surface area contributed by atoms with Crippen molar-refractivity contribution < 1.29 is 9.15 Å². The molecular formula is C13H17NO2. The Morgan fingerprint density at radius 2 is 2.12 bits per heavy atom. The van der Waals surface area contributed by atoms with E-state index in [9.17, 15) is 0 Å². The Bertz CT molecular complexity index is 462. The van der Waals surface area contributed by atoms with Gasteiger partial charge in [-0.3, -0.25) is 0 Å². The number of ether oxygens (including phenoxy) is 1. The van der Waals surface area contributed by atoms with Crippen molar-refractivity contribution in [2.75, 3.05) is 13.7 Å². The number of fused-ring (bicyclic) bond motifs is 1. The fourth-order valence-corrected chi connectivity index (χ4v) is 1.93. The third-order valence-corrected chi connectivity index (χ3v) is 2.79. The van der Waals surface area contributed by atoms with Crippen LogP contribution in [0.25, 0.3) is 11.0 Å². The number of benzene rings is 1. The average Bonchev–Trinajstić information content (AvgIpc) is 2.79. The topological polar surface area (TPSA) is 48.4 Å². The van der Waals surface area contributed by atoms with E-state index in [1.165, 1.54) is 5.56 Å². The Kier molecular flexibility index (Phi) is 3.47. The lowest BCUT2D eigenvalue weighted by molar-refractivity contribution is 0.410. The quantitative estimate of drug-likeness (QED) is 0.786. The number of rotatable bonds is 5. The Labute approximate surface area is 95.2 Å². The molecule has 1 aromatic carbocycles. The van der Waals surface area contributed by atoms with Crippen LogP contribution >= 0.6 is 0 Å². The molecule has 1 heterocycles. The van der Waals surface area contributed by atoms with Crippen LogP contribution in [0.15, 0.2) is 28.9 Å². The van der Waals surface area contributed by atoms with E-state index in [2.05, 4.69) is 6.07 Å². The molecule has 0 amide bonds. The molecule has 0 saturated carbocycles. The summed E-state index contributed by atoms with van der Waals surface area (Å²) in [6.45, 7) is 0.755. The van der Waals surface area contributed by atoms with Gasteiger partial charge in [-0.05, 0) is 43.5 Å². The normalized spacial score (nSPS) is 10.9. The molecule has 0 saturated heterocycles. The highest BCUT2D eigenvalue weighted by Gasteiger charge is 2.08. The van der Waals surface area contributed by atoms with Gasteiger partial charge < -0.3 is 14.9 Å². The van der Waals surface area contributed by atoms with Gasteiger partial charge in [0, 0.05) is 5.39 Å². The lowest BCUT2D eigenvalue weighted by atomic mass is 10.0. The van der Waals surface area contributed by atoms with Gasteiger partial charge in [0.05, 0.1) is 13.4 Å². The lowest BCUT2D eigenvalue weighted by Gasteiger charge is -2.05. The molecule has 0 aliphatic carbocycles. The molecule has 3 heteroatoms. The van der Waals surface area contributed by atoms with Crippen LogP contribution in [-0.2, 0) is 6.42 Å². The molecular weight excluding hydrogens is 202 g/mol. The number of furan rings is 1. The van der Waals surface area contributed by atoms with Crippen LogP contribution in [0.4, 0.5) is 0 Å². The molecule has 3 nitrogen and oxygen atoms in total. The summed E-state index contributed by atoms with van der Waals surface area (Å²) in [7, 11) is 1.66. The Balaban J connectivity index is 2.29. The summed E-state index contributed by atoms with van der Waals surface area (Å²) in [5, 5.41) is 1.15. The van der Waals surface area contributed by atoms with Crippen LogP contribution in [0.2, 0.25) is 0 Å². The molecule has 1 aromatic heterocycles. The van der Waals surface area contributed by atoms with E-state index in [1.807, 2.05) is 12.1 Å². The molecule has 0 fully saturated rings. The van der Waals surface area contributed by atoms with E-state index in [-0.39, 0.29) is 0 Å². The molecule has 0 unspecified atom stereocenters. The summed E-state index contributed by atoms with van der Waals surface area (Å²) in [5.41, 5.74) is 7.64. The number of aryl methyl sites for hydroxylation is 1. The maximum atomic E-state index is 5.49. The molecule has 0 atom stereocenters. The van der Waals surface area contributed by atoms with Crippen molar-refractivity contribution in [3.8, 4) is 5.75 Å². The zero-order valence-corrected chi connectivity index (χ0v) is 9.53. The van der Waals surface area contributed by atoms with Crippen LogP contribution in [0.5, 0.6) is 5.75 Å². The Morgan fingerprint density at radius 3 is 2.88 bits per heavy atom. The molecule has 0 radical (unpaired) electrons. The summed E-state index contributed by atoms with van der Waals surface area (Å²) >= 11 is 0. The van der Waals surface area contributed by atoms with Crippen LogP contribution < -0.4 is 10.5 Å². The number of methoxy groups -OCH3 is 1. The van der Waals surface area contributed by atoms with E-state index >= 15 is 0 Å². The third-order valence-electron chi connectivity index (χ3n) is 2.79. The van der Waals surface area contributed by atoms with Gasteiger partial charge >= 0.3 is 0 Å². The fraction of sp³-hybridized carbons (Fsp3) is 0.385. The minimum atomic E-state index is 0.755. The van der Waals surface area contributed by atoms with Crippen LogP contribution in [0.1, 0.15) is 18.4 Å². The van der Waals surface area contributed by atoms with Crippen molar-refractivity contribution in [3.63, 3.8) is 0 Å². The lowest BCUT2D eigenvalue weighted by Crippen LogP contribution is -1.99. The first-order valence-electron chi connectivity index (χ1n) is 5.60. The largest absolute Gasteiger partial charge is 0.493 e. The summed E-state index contributed by atoms with van der Waals surface area (Å²) in [5.74, 6) is 0.794. The summed E-state index contributed by atoms with van der Waals surface area (Å²) in [6, 6.07) is 6.06. The van der Waals surface area contributed by atoms with Crippen molar-refractivity contribution in [3.05, 3.63) is 30.0 Å². The van der Waals surface area contributed by atoms with Crippen molar-refractivity contribution >= 4 is 11.0 Å². The fourth-order valence-electron chi connectivity index (χ4n) is 1.93. The minimum absolute atomic E-state index is 0.755. The van der Waals surface area contributed by atoms with E-state index in [1.54, 1.807) is 13.4 Å². The Hall–Kier alpha value is -1.48. The maximum Gasteiger partial charge on any atom is 0.175 e. The van der Waals surface area contributed by atoms with Crippen LogP contribution in [-0.4, -0.2) is 13.7 Å². The zero-order chi connectivity index (χ0) is 11.4. The molecule has 2 N–H and O–H groups in total. The van der Waals surface area contributed by atoms with Gasteiger partial charge in [-0.1, -0.05) is 6.07 Å². The van der Waals surface area contributed by atoms with E-state index in [0.717, 1.165) is 42.5 Å². The van der Waals surface area contributed by atoms with Gasteiger partial charge in [-0.15, -0.1) is 0 Å². The molecule has 0 spiro atoms. The molecule has 0 bridgehead atoms. The number of hydrogen-bond donors (Lipinski definition) is 1. The van der Waals surface area contributed by atoms with Crippen molar-refractivity contribution in [2.45, 2.75) is 19.3 Å². The highest BCUT2D eigenvalue weighted by molar-refractivity contribution is 5.86. The average molecular weight is 219 g/mol. The van der Waals surface area contributed by atoms with Gasteiger partial charge in [0.2, 0.25) is 0 Å². The van der Waals surface area contributed by atoms with Gasteiger partial charge in [0.25, 0.3) is 0 Å². The molecule has 0 aliphatic rings. The third kappa shape index (κ3) is 2.04. The summed E-state index contributed by atoms with van der Waals surface area (Å²) in [6.07, 6.45) is 4.92. The predicted octanol–water partition coefficient (Wildman–Crippen LogP) is 2.72. The first-order valence-corrected chi connectivity index (χ1v) is 5.60. The SMILES string of the molecule is COc1ccc(CCCCN)c2ccoc12. The minimum Gasteiger partial charge on any atom is -0.493 e. The van der Waals surface area contributed by atoms with Crippen molar-refractivity contribution in [2.24, 2.45) is 5.73 Å². The van der Waals surface area contributed by atoms with Gasteiger partial charge in [-0.2, -0.15) is 0 Å². The van der Waals surface area contributed by atoms with Crippen LogP contribution in [0.3, 0.4) is 0 Å².